The Labute approximate surface area is 140 Å². The van der Waals surface area contributed by atoms with Gasteiger partial charge in [0.25, 0.3) is 0 Å². The minimum atomic E-state index is 0.574. The summed E-state index contributed by atoms with van der Waals surface area (Å²) < 4.78 is 21.6. The fourth-order valence-electron chi connectivity index (χ4n) is 2.60. The molecule has 5 nitrogen and oxygen atoms in total. The number of hydrogen-bond acceptors (Lipinski definition) is 5. The highest BCUT2D eigenvalue weighted by atomic mass is 16.5. The largest absolute Gasteiger partial charge is 0.497 e. The van der Waals surface area contributed by atoms with Gasteiger partial charge in [-0.2, -0.15) is 0 Å². The first kappa shape index (κ1) is 15.9. The van der Waals surface area contributed by atoms with Crippen molar-refractivity contribution >= 4 is 0 Å². The third kappa shape index (κ3) is 2.80. The zero-order valence-corrected chi connectivity index (χ0v) is 14.1. The van der Waals surface area contributed by atoms with E-state index in [4.69, 9.17) is 18.7 Å². The van der Waals surface area contributed by atoms with Crippen LogP contribution in [0.1, 0.15) is 5.56 Å². The molecule has 0 fully saturated rings. The highest BCUT2D eigenvalue weighted by Crippen LogP contribution is 2.44. The van der Waals surface area contributed by atoms with Crippen molar-refractivity contribution in [3.8, 4) is 39.6 Å². The van der Waals surface area contributed by atoms with E-state index >= 15 is 0 Å². The molecule has 24 heavy (non-hydrogen) atoms. The van der Waals surface area contributed by atoms with E-state index in [1.807, 2.05) is 25.1 Å². The molecular formula is C19H19NO4. The van der Waals surface area contributed by atoms with Gasteiger partial charge in [0, 0.05) is 11.6 Å². The summed E-state index contributed by atoms with van der Waals surface area (Å²) in [6.07, 6.45) is 1.63. The Kier molecular flexibility index (Phi) is 4.42. The smallest absolute Gasteiger partial charge is 0.170 e. The molecule has 0 amide bonds. The van der Waals surface area contributed by atoms with Gasteiger partial charge < -0.3 is 18.7 Å². The van der Waals surface area contributed by atoms with Crippen LogP contribution in [-0.2, 0) is 0 Å². The van der Waals surface area contributed by atoms with Crippen molar-refractivity contribution in [3.05, 3.63) is 48.2 Å². The van der Waals surface area contributed by atoms with Gasteiger partial charge in [0.2, 0.25) is 0 Å². The Hall–Kier alpha value is -2.95. The van der Waals surface area contributed by atoms with Crippen LogP contribution in [0.5, 0.6) is 17.2 Å². The molecule has 2 aromatic carbocycles. The molecule has 3 aromatic rings. The Morgan fingerprint density at radius 3 is 2.25 bits per heavy atom. The molecule has 0 spiro atoms. The van der Waals surface area contributed by atoms with Crippen LogP contribution >= 0.6 is 0 Å². The number of hydrogen-bond donors (Lipinski definition) is 0. The monoisotopic (exact) mass is 325 g/mol. The topological polar surface area (TPSA) is 53.7 Å². The van der Waals surface area contributed by atoms with E-state index < -0.39 is 0 Å². The van der Waals surface area contributed by atoms with Crippen LogP contribution in [0.4, 0.5) is 0 Å². The lowest BCUT2D eigenvalue weighted by Gasteiger charge is -2.14. The molecule has 0 bridgehead atoms. The van der Waals surface area contributed by atoms with Crippen molar-refractivity contribution in [2.45, 2.75) is 6.92 Å². The predicted octanol–water partition coefficient (Wildman–Crippen LogP) is 4.34. The number of aromatic nitrogens is 1. The van der Waals surface area contributed by atoms with E-state index in [9.17, 15) is 0 Å². The number of rotatable bonds is 5. The van der Waals surface area contributed by atoms with Gasteiger partial charge in [-0.15, -0.1) is 0 Å². The quantitative estimate of drug-likeness (QED) is 0.698. The molecule has 0 saturated heterocycles. The minimum absolute atomic E-state index is 0.574. The highest BCUT2D eigenvalue weighted by Gasteiger charge is 2.21. The summed E-state index contributed by atoms with van der Waals surface area (Å²) in [5.74, 6) is 1.81. The zero-order chi connectivity index (χ0) is 17.1. The summed E-state index contributed by atoms with van der Waals surface area (Å²) in [7, 11) is 4.79. The Morgan fingerprint density at radius 1 is 0.875 bits per heavy atom. The van der Waals surface area contributed by atoms with Gasteiger partial charge in [0.1, 0.15) is 17.7 Å². The van der Waals surface area contributed by atoms with Gasteiger partial charge in [-0.05, 0) is 18.6 Å². The van der Waals surface area contributed by atoms with Crippen LogP contribution in [0.3, 0.4) is 0 Å². The van der Waals surface area contributed by atoms with E-state index in [2.05, 4.69) is 17.3 Å². The Bertz CT molecular complexity index is 837. The van der Waals surface area contributed by atoms with Crippen molar-refractivity contribution in [1.82, 2.24) is 5.16 Å². The van der Waals surface area contributed by atoms with Gasteiger partial charge in [-0.1, -0.05) is 35.0 Å². The zero-order valence-electron chi connectivity index (χ0n) is 14.1. The molecule has 0 radical (unpaired) electrons. The normalized spacial score (nSPS) is 10.5. The summed E-state index contributed by atoms with van der Waals surface area (Å²) in [6, 6.07) is 11.8. The van der Waals surface area contributed by atoms with Crippen LogP contribution in [0.2, 0.25) is 0 Å². The number of benzene rings is 2. The fourth-order valence-corrected chi connectivity index (χ4v) is 2.60. The van der Waals surface area contributed by atoms with Gasteiger partial charge in [0.05, 0.1) is 26.9 Å². The molecule has 0 N–H and O–H groups in total. The van der Waals surface area contributed by atoms with Crippen LogP contribution in [0.15, 0.2) is 47.2 Å². The van der Waals surface area contributed by atoms with Gasteiger partial charge in [0.15, 0.2) is 11.5 Å². The highest BCUT2D eigenvalue weighted by molar-refractivity contribution is 5.85. The molecule has 0 saturated carbocycles. The van der Waals surface area contributed by atoms with E-state index in [1.165, 1.54) is 5.56 Å². The second kappa shape index (κ2) is 6.66. The summed E-state index contributed by atoms with van der Waals surface area (Å²) in [5.41, 5.74) is 4.51. The minimum Gasteiger partial charge on any atom is -0.497 e. The number of ether oxygens (including phenoxy) is 3. The van der Waals surface area contributed by atoms with E-state index in [-0.39, 0.29) is 0 Å². The predicted molar refractivity (Wildman–Crippen MR) is 91.8 cm³/mol. The standard InChI is InChI=1S/C19H19NO4/c1-12-5-7-13(8-6-12)16-11-24-20-18(16)15-9-14(21-2)10-17(22-3)19(15)23-4/h5-11H,1-4H3. The third-order valence-electron chi connectivity index (χ3n) is 3.88. The average Bonchev–Trinajstić information content (AvgIpc) is 3.10. The molecule has 1 heterocycles. The Morgan fingerprint density at radius 2 is 1.62 bits per heavy atom. The van der Waals surface area contributed by atoms with E-state index in [0.717, 1.165) is 16.7 Å². The lowest BCUT2D eigenvalue weighted by Crippen LogP contribution is -1.96. The third-order valence-corrected chi connectivity index (χ3v) is 3.88. The maximum atomic E-state index is 5.54. The average molecular weight is 325 g/mol. The lowest BCUT2D eigenvalue weighted by atomic mass is 10.00. The fraction of sp³-hybridized carbons (Fsp3) is 0.211. The van der Waals surface area contributed by atoms with Gasteiger partial charge >= 0.3 is 0 Å². The molecule has 1 aromatic heterocycles. The molecule has 0 aliphatic rings. The molecular weight excluding hydrogens is 306 g/mol. The molecule has 0 aliphatic heterocycles. The first-order valence-corrected chi connectivity index (χ1v) is 7.49. The van der Waals surface area contributed by atoms with Gasteiger partial charge in [-0.25, -0.2) is 0 Å². The molecule has 3 rings (SSSR count). The molecule has 5 heteroatoms. The number of methoxy groups -OCH3 is 3. The maximum Gasteiger partial charge on any atom is 0.170 e. The van der Waals surface area contributed by atoms with Crippen LogP contribution in [0.25, 0.3) is 22.4 Å². The van der Waals surface area contributed by atoms with E-state index in [1.54, 1.807) is 33.7 Å². The second-order valence-corrected chi connectivity index (χ2v) is 5.35. The van der Waals surface area contributed by atoms with Crippen molar-refractivity contribution in [3.63, 3.8) is 0 Å². The number of aryl methyl sites for hydroxylation is 1. The molecule has 0 aliphatic carbocycles. The van der Waals surface area contributed by atoms with Crippen molar-refractivity contribution in [2.24, 2.45) is 0 Å². The molecule has 0 atom stereocenters. The first-order valence-electron chi connectivity index (χ1n) is 7.49. The second-order valence-electron chi connectivity index (χ2n) is 5.35. The van der Waals surface area contributed by atoms with Crippen molar-refractivity contribution in [1.29, 1.82) is 0 Å². The SMILES string of the molecule is COc1cc(OC)c(OC)c(-c2nocc2-c2ccc(C)cc2)c1. The number of nitrogens with zero attached hydrogens (tertiary/aromatic N) is 1. The van der Waals surface area contributed by atoms with Crippen molar-refractivity contribution < 1.29 is 18.7 Å². The summed E-state index contributed by atoms with van der Waals surface area (Å²) in [5, 5.41) is 4.18. The van der Waals surface area contributed by atoms with Crippen LogP contribution in [0, 0.1) is 6.92 Å². The summed E-state index contributed by atoms with van der Waals surface area (Å²) >= 11 is 0. The summed E-state index contributed by atoms with van der Waals surface area (Å²) in [4.78, 5) is 0. The van der Waals surface area contributed by atoms with Crippen LogP contribution < -0.4 is 14.2 Å². The molecule has 124 valence electrons. The maximum absolute atomic E-state index is 5.54. The summed E-state index contributed by atoms with van der Waals surface area (Å²) in [6.45, 7) is 2.05. The van der Waals surface area contributed by atoms with Crippen LogP contribution in [-0.4, -0.2) is 26.5 Å². The lowest BCUT2D eigenvalue weighted by molar-refractivity contribution is 0.349. The van der Waals surface area contributed by atoms with E-state index in [0.29, 0.717) is 22.9 Å². The van der Waals surface area contributed by atoms with Crippen molar-refractivity contribution in [2.75, 3.05) is 21.3 Å². The first-order chi connectivity index (χ1) is 11.7. The van der Waals surface area contributed by atoms with Gasteiger partial charge in [-0.3, -0.25) is 0 Å². The Balaban J connectivity index is 2.20. The molecule has 0 unspecified atom stereocenters.